The molecule has 1 aromatic heterocycles. The molecule has 32 heavy (non-hydrogen) atoms. The average Bonchev–Trinajstić information content (AvgIpc) is 2.60. The summed E-state index contributed by atoms with van der Waals surface area (Å²) in [5, 5.41) is 2.94. The van der Waals surface area contributed by atoms with Crippen LogP contribution in [-0.4, -0.2) is 25.2 Å². The Morgan fingerprint density at radius 1 is 0.938 bits per heavy atom. The molecule has 0 aliphatic rings. The summed E-state index contributed by atoms with van der Waals surface area (Å²) < 4.78 is 13.1. The van der Waals surface area contributed by atoms with Crippen molar-refractivity contribution >= 4 is 34.6 Å². The van der Waals surface area contributed by atoms with Crippen LogP contribution in [-0.2, 0) is 4.57 Å². The second-order valence-electron chi connectivity index (χ2n) is 6.11. The number of fused-ring (bicyclic) bond motifs is 1. The first-order valence-corrected chi connectivity index (χ1v) is 10.5. The third-order valence-electron chi connectivity index (χ3n) is 4.20. The fourth-order valence-corrected chi connectivity index (χ4v) is 4.10. The van der Waals surface area contributed by atoms with E-state index in [9.17, 15) is 23.9 Å². The van der Waals surface area contributed by atoms with E-state index in [2.05, 4.69) is 31.2 Å². The van der Waals surface area contributed by atoms with Gasteiger partial charge in [0, 0.05) is 16.1 Å². The van der Waals surface area contributed by atoms with E-state index in [1.807, 2.05) is 24.3 Å². The molecule has 0 saturated heterocycles. The number of aromatic nitrogens is 2. The van der Waals surface area contributed by atoms with E-state index in [-0.39, 0.29) is 146 Å². The van der Waals surface area contributed by atoms with Crippen LogP contribution in [0.25, 0.3) is 11.0 Å². The van der Waals surface area contributed by atoms with Crippen LogP contribution in [0.15, 0.2) is 56.5 Å². The molecule has 3 rings (SSSR count). The second kappa shape index (κ2) is 16.6. The van der Waals surface area contributed by atoms with Crippen molar-refractivity contribution in [3.8, 4) is 0 Å². The SMILES string of the molecule is C[C@H](NC(c1cccc2[nH]c(=O)c(=O)[nH]c12)P(=O)(O)O)c1ccc(Br)cc1.O.[Na+].[Na+].[Na+].[Na+]. The molecule has 1 unspecified atom stereocenters. The van der Waals surface area contributed by atoms with E-state index in [0.29, 0.717) is 0 Å². The van der Waals surface area contributed by atoms with Crippen molar-refractivity contribution in [3.63, 3.8) is 0 Å². The first-order valence-electron chi connectivity index (χ1n) is 7.99. The summed E-state index contributed by atoms with van der Waals surface area (Å²) in [4.78, 5) is 47.9. The molecule has 150 valence electrons. The van der Waals surface area contributed by atoms with Crippen molar-refractivity contribution in [2.75, 3.05) is 0 Å². The maximum Gasteiger partial charge on any atom is 1.00 e. The van der Waals surface area contributed by atoms with Crippen LogP contribution in [0.3, 0.4) is 0 Å². The van der Waals surface area contributed by atoms with Gasteiger partial charge in [0.2, 0.25) is 0 Å². The van der Waals surface area contributed by atoms with Crippen molar-refractivity contribution in [2.45, 2.75) is 18.7 Å². The maximum absolute atomic E-state index is 12.2. The number of hydrogen-bond donors (Lipinski definition) is 5. The van der Waals surface area contributed by atoms with E-state index in [0.717, 1.165) is 10.0 Å². The quantitative estimate of drug-likeness (QED) is 0.117. The van der Waals surface area contributed by atoms with Gasteiger partial charge < -0.3 is 25.2 Å². The van der Waals surface area contributed by atoms with E-state index < -0.39 is 24.5 Å². The Morgan fingerprint density at radius 2 is 1.47 bits per heavy atom. The summed E-state index contributed by atoms with van der Waals surface area (Å²) in [7, 11) is -4.65. The normalized spacial score (nSPS) is 12.0. The van der Waals surface area contributed by atoms with E-state index in [1.54, 1.807) is 19.1 Å². The summed E-state index contributed by atoms with van der Waals surface area (Å²) in [5.74, 6) is -1.37. The van der Waals surface area contributed by atoms with Crippen molar-refractivity contribution in [2.24, 2.45) is 0 Å². The average molecular weight is 564 g/mol. The standard InChI is InChI=1S/C17H17BrN3O5P.4Na.H2O/c1-9(10-5-7-11(18)8-6-10)19-17(27(24,25)26)12-3-2-4-13-14(12)21-16(23)15(22)20-13;;;;;/h2-9,17,19H,1H3,(H,20,22)(H,21,23)(H2,24,25,26);;;;;1H2/q;4*+1;/t9-,17?;;;;;/m0...../s1. The van der Waals surface area contributed by atoms with Crippen molar-refractivity contribution < 1.29 is 138 Å². The summed E-state index contributed by atoms with van der Waals surface area (Å²) >= 11 is 3.35. The predicted octanol–water partition coefficient (Wildman–Crippen LogP) is -10.3. The number of nitrogens with one attached hydrogen (secondary N) is 3. The maximum atomic E-state index is 12.2. The molecule has 9 nitrogen and oxygen atoms in total. The molecule has 0 amide bonds. The second-order valence-corrected chi connectivity index (χ2v) is 8.72. The van der Waals surface area contributed by atoms with Gasteiger partial charge in [-0.1, -0.05) is 40.2 Å². The molecule has 0 radical (unpaired) electrons. The summed E-state index contributed by atoms with van der Waals surface area (Å²) in [6.45, 7) is 1.78. The zero-order valence-corrected chi connectivity index (χ0v) is 29.1. The van der Waals surface area contributed by atoms with Crippen LogP contribution in [0.1, 0.15) is 29.9 Å². The Bertz CT molecular complexity index is 1160. The van der Waals surface area contributed by atoms with Crippen molar-refractivity contribution in [1.29, 1.82) is 0 Å². The molecule has 0 aliphatic carbocycles. The number of hydrogen-bond acceptors (Lipinski definition) is 4. The van der Waals surface area contributed by atoms with Crippen molar-refractivity contribution in [3.05, 3.63) is 78.8 Å². The number of H-pyrrole nitrogens is 2. The van der Waals surface area contributed by atoms with Gasteiger partial charge in [-0.2, -0.15) is 0 Å². The van der Waals surface area contributed by atoms with Gasteiger partial charge in [0.1, 0.15) is 5.78 Å². The van der Waals surface area contributed by atoms with Crippen LogP contribution < -0.4 is 135 Å². The molecular weight excluding hydrogens is 545 g/mol. The van der Waals surface area contributed by atoms with Gasteiger partial charge >= 0.3 is 137 Å². The smallest absolute Gasteiger partial charge is 0.412 e. The van der Waals surface area contributed by atoms with Gasteiger partial charge in [-0.3, -0.25) is 19.5 Å². The minimum Gasteiger partial charge on any atom is -0.412 e. The fraction of sp³-hybridized carbons (Fsp3) is 0.176. The van der Waals surface area contributed by atoms with Gasteiger partial charge in [-0.15, -0.1) is 0 Å². The topological polar surface area (TPSA) is 167 Å². The molecule has 0 spiro atoms. The van der Waals surface area contributed by atoms with Gasteiger partial charge in [0.05, 0.1) is 11.0 Å². The molecule has 0 aliphatic heterocycles. The first-order chi connectivity index (χ1) is 12.7. The van der Waals surface area contributed by atoms with Crippen LogP contribution in [0.5, 0.6) is 0 Å². The van der Waals surface area contributed by atoms with Crippen LogP contribution in [0, 0.1) is 0 Å². The molecule has 2 aromatic carbocycles. The minimum absolute atomic E-state index is 0. The van der Waals surface area contributed by atoms with Crippen LogP contribution in [0.2, 0.25) is 0 Å². The molecule has 15 heteroatoms. The zero-order valence-electron chi connectivity index (χ0n) is 18.6. The molecule has 0 fully saturated rings. The van der Waals surface area contributed by atoms with E-state index in [4.69, 9.17) is 0 Å². The Kier molecular flexibility index (Phi) is 20.0. The predicted molar refractivity (Wildman–Crippen MR) is 109 cm³/mol. The Labute approximate surface area is 281 Å². The number of halogens is 1. The molecule has 0 saturated carbocycles. The minimum atomic E-state index is -4.65. The largest absolute Gasteiger partial charge is 1.00 e. The number of para-hydroxylation sites is 1. The van der Waals surface area contributed by atoms with Gasteiger partial charge in [-0.25, -0.2) is 0 Å². The molecular formula is C17H19BrN3Na4O6P+4. The van der Waals surface area contributed by atoms with Crippen LogP contribution >= 0.6 is 23.5 Å². The molecule has 2 atom stereocenters. The molecule has 0 bridgehead atoms. The monoisotopic (exact) mass is 563 g/mol. The molecule has 3 aromatic rings. The Morgan fingerprint density at radius 3 is 2.00 bits per heavy atom. The van der Waals surface area contributed by atoms with E-state index in [1.165, 1.54) is 6.07 Å². The first kappa shape index (κ1) is 38.5. The van der Waals surface area contributed by atoms with Crippen molar-refractivity contribution in [1.82, 2.24) is 15.3 Å². The molecule has 1 heterocycles. The third-order valence-corrected chi connectivity index (χ3v) is 5.83. The third kappa shape index (κ3) is 9.76. The number of rotatable bonds is 5. The number of aromatic amines is 2. The summed E-state index contributed by atoms with van der Waals surface area (Å²) in [5.41, 5.74) is -0.236. The van der Waals surface area contributed by atoms with Gasteiger partial charge in [-0.05, 0) is 30.7 Å². The summed E-state index contributed by atoms with van der Waals surface area (Å²) in [6.07, 6.45) is 0. The Balaban J connectivity index is -0.00000168. The van der Waals surface area contributed by atoms with Gasteiger partial charge in [0.25, 0.3) is 0 Å². The number of benzene rings is 2. The fourth-order valence-electron chi connectivity index (χ4n) is 2.84. The van der Waals surface area contributed by atoms with Gasteiger partial charge in [0.15, 0.2) is 0 Å². The van der Waals surface area contributed by atoms with E-state index >= 15 is 0 Å². The summed E-state index contributed by atoms with van der Waals surface area (Å²) in [6, 6.07) is 11.6. The molecule has 7 N–H and O–H groups in total. The zero-order chi connectivity index (χ0) is 19.8. The van der Waals surface area contributed by atoms with Crippen LogP contribution in [0.4, 0.5) is 0 Å². The Hall–Kier alpha value is 1.93.